The molecule has 4 heterocycles. The molecule has 0 amide bonds. The molecule has 0 spiro atoms. The number of aromatic nitrogens is 2. The topological polar surface area (TPSA) is 103 Å². The molecular weight excluding hydrogens is 620 g/mol. The van der Waals surface area contributed by atoms with E-state index < -0.39 is 15.6 Å². The maximum atomic E-state index is 14.8. The molecule has 5 aromatic rings. The number of nitrogens with zero attached hydrogens (tertiary/aromatic N) is 6. The first-order valence-corrected chi connectivity index (χ1v) is 16.9. The van der Waals surface area contributed by atoms with Crippen LogP contribution >= 0.6 is 11.6 Å². The van der Waals surface area contributed by atoms with E-state index in [0.29, 0.717) is 65.7 Å². The van der Waals surface area contributed by atoms with Crippen LogP contribution in [0.1, 0.15) is 23.6 Å². The number of pyridine rings is 2. The molecule has 0 aliphatic carbocycles. The molecule has 232 valence electrons. The molecule has 1 unspecified atom stereocenters. The predicted molar refractivity (Wildman–Crippen MR) is 179 cm³/mol. The van der Waals surface area contributed by atoms with Crippen molar-refractivity contribution in [3.05, 3.63) is 119 Å². The smallest absolute Gasteiger partial charge is 0.266 e. The maximum Gasteiger partial charge on any atom is 0.266 e. The summed E-state index contributed by atoms with van der Waals surface area (Å²) in [6.07, 6.45) is 5.15. The van der Waals surface area contributed by atoms with Gasteiger partial charge >= 0.3 is 0 Å². The Morgan fingerprint density at radius 3 is 2.48 bits per heavy atom. The molecule has 0 saturated carbocycles. The quantitative estimate of drug-likeness (QED) is 0.217. The Morgan fingerprint density at radius 2 is 1.72 bits per heavy atom. The zero-order valence-corrected chi connectivity index (χ0v) is 26.7. The molecule has 0 bridgehead atoms. The van der Waals surface area contributed by atoms with Crippen molar-refractivity contribution < 1.29 is 13.2 Å². The van der Waals surface area contributed by atoms with E-state index in [2.05, 4.69) is 25.8 Å². The number of benzene rings is 3. The molecule has 2 aliphatic rings. The van der Waals surface area contributed by atoms with E-state index in [4.69, 9.17) is 16.3 Å². The van der Waals surface area contributed by atoms with Crippen LogP contribution in [-0.2, 0) is 15.6 Å². The van der Waals surface area contributed by atoms with Crippen molar-refractivity contribution in [1.82, 2.24) is 14.9 Å². The SMILES string of the molecule is CCOc1ccccc1C1(N2CCN(c3ccncc3)CC2)CN(S(=O)(=O)c2ccc(Cl)c3cccnc23)c2ccc(C#N)cc21. The molecule has 1 fully saturated rings. The van der Waals surface area contributed by atoms with Gasteiger partial charge in [0, 0.05) is 67.0 Å². The minimum atomic E-state index is -4.17. The van der Waals surface area contributed by atoms with Gasteiger partial charge in [0.1, 0.15) is 10.6 Å². The van der Waals surface area contributed by atoms with Crippen molar-refractivity contribution in [1.29, 1.82) is 5.26 Å². The van der Waals surface area contributed by atoms with Crippen LogP contribution in [0.5, 0.6) is 5.75 Å². The number of hydrogen-bond donors (Lipinski definition) is 0. The van der Waals surface area contributed by atoms with Crippen LogP contribution in [0, 0.1) is 11.3 Å². The van der Waals surface area contributed by atoms with Crippen LogP contribution in [0.2, 0.25) is 5.02 Å². The van der Waals surface area contributed by atoms with Crippen molar-refractivity contribution in [3.63, 3.8) is 0 Å². The highest BCUT2D eigenvalue weighted by molar-refractivity contribution is 7.93. The highest BCUT2D eigenvalue weighted by Gasteiger charge is 2.53. The molecule has 1 saturated heterocycles. The van der Waals surface area contributed by atoms with Crippen molar-refractivity contribution in [2.45, 2.75) is 17.4 Å². The average Bonchev–Trinajstić information content (AvgIpc) is 3.45. The third-order valence-electron chi connectivity index (χ3n) is 8.94. The van der Waals surface area contributed by atoms with Crippen molar-refractivity contribution >= 4 is 43.9 Å². The summed E-state index contributed by atoms with van der Waals surface area (Å²) in [5.41, 5.74) is 2.99. The number of hydrogen-bond acceptors (Lipinski definition) is 8. The highest BCUT2D eigenvalue weighted by atomic mass is 35.5. The summed E-state index contributed by atoms with van der Waals surface area (Å²) in [5.74, 6) is 0.674. The first-order valence-electron chi connectivity index (χ1n) is 15.1. The normalized spacial score (nSPS) is 18.4. The Labute approximate surface area is 273 Å². The van der Waals surface area contributed by atoms with Crippen LogP contribution in [0.15, 0.2) is 102 Å². The number of nitriles is 1. The number of sulfonamides is 1. The van der Waals surface area contributed by atoms with E-state index in [-0.39, 0.29) is 11.4 Å². The number of piperazine rings is 1. The van der Waals surface area contributed by atoms with Gasteiger partial charge in [-0.1, -0.05) is 29.8 Å². The van der Waals surface area contributed by atoms with Crippen LogP contribution in [0.3, 0.4) is 0 Å². The van der Waals surface area contributed by atoms with Gasteiger partial charge in [0.25, 0.3) is 10.0 Å². The van der Waals surface area contributed by atoms with Crippen LogP contribution < -0.4 is 13.9 Å². The third kappa shape index (κ3) is 4.83. The van der Waals surface area contributed by atoms with Gasteiger partial charge in [-0.2, -0.15) is 5.26 Å². The van der Waals surface area contributed by atoms with Crippen LogP contribution in [0.25, 0.3) is 10.9 Å². The Kier molecular flexibility index (Phi) is 7.77. The summed E-state index contributed by atoms with van der Waals surface area (Å²) in [7, 11) is -4.17. The first-order chi connectivity index (χ1) is 22.4. The van der Waals surface area contributed by atoms with E-state index in [9.17, 15) is 13.7 Å². The fourth-order valence-electron chi connectivity index (χ4n) is 6.85. The molecule has 2 aromatic heterocycles. The minimum Gasteiger partial charge on any atom is -0.494 e. The van der Waals surface area contributed by atoms with E-state index in [1.54, 1.807) is 48.9 Å². The summed E-state index contributed by atoms with van der Waals surface area (Å²) in [4.78, 5) is 13.3. The summed E-state index contributed by atoms with van der Waals surface area (Å²) in [6, 6.07) is 26.0. The van der Waals surface area contributed by atoms with Gasteiger partial charge in [0.15, 0.2) is 0 Å². The number of rotatable bonds is 7. The van der Waals surface area contributed by atoms with Crippen molar-refractivity contribution in [2.24, 2.45) is 0 Å². The van der Waals surface area contributed by atoms with Crippen LogP contribution in [0.4, 0.5) is 11.4 Å². The number of ether oxygens (including phenoxy) is 1. The molecular formula is C35H31ClN6O3S. The van der Waals surface area contributed by atoms with Crippen molar-refractivity contribution in [2.75, 3.05) is 48.5 Å². The van der Waals surface area contributed by atoms with Crippen LogP contribution in [-0.4, -0.2) is 62.6 Å². The molecule has 0 radical (unpaired) electrons. The monoisotopic (exact) mass is 650 g/mol. The molecule has 1 atom stereocenters. The Morgan fingerprint density at radius 1 is 0.935 bits per heavy atom. The van der Waals surface area contributed by atoms with Crippen molar-refractivity contribution in [3.8, 4) is 11.8 Å². The zero-order chi connectivity index (χ0) is 31.9. The van der Waals surface area contributed by atoms with Gasteiger partial charge in [-0.3, -0.25) is 19.2 Å². The maximum absolute atomic E-state index is 14.8. The average molecular weight is 651 g/mol. The fourth-order valence-corrected chi connectivity index (χ4v) is 8.72. The molecule has 3 aromatic carbocycles. The van der Waals surface area contributed by atoms with Gasteiger partial charge < -0.3 is 9.64 Å². The third-order valence-corrected chi connectivity index (χ3v) is 11.1. The highest BCUT2D eigenvalue weighted by Crippen LogP contribution is 2.52. The van der Waals surface area contributed by atoms with E-state index in [1.807, 2.05) is 49.4 Å². The lowest BCUT2D eigenvalue weighted by molar-refractivity contribution is 0.124. The largest absolute Gasteiger partial charge is 0.494 e. The summed E-state index contributed by atoms with van der Waals surface area (Å²) < 4.78 is 37.4. The minimum absolute atomic E-state index is 0.0687. The van der Waals surface area contributed by atoms with Gasteiger partial charge in [-0.15, -0.1) is 0 Å². The lowest BCUT2D eigenvalue weighted by Gasteiger charge is -2.47. The molecule has 11 heteroatoms. The van der Waals surface area contributed by atoms with E-state index in [0.717, 1.165) is 16.8 Å². The zero-order valence-electron chi connectivity index (χ0n) is 25.2. The summed E-state index contributed by atoms with van der Waals surface area (Å²) in [5, 5.41) is 11.0. The second-order valence-corrected chi connectivity index (χ2v) is 13.5. The predicted octanol–water partition coefficient (Wildman–Crippen LogP) is 5.83. The van der Waals surface area contributed by atoms with Gasteiger partial charge in [-0.05, 0) is 67.6 Å². The molecule has 2 aliphatic heterocycles. The number of anilines is 2. The second-order valence-electron chi connectivity index (χ2n) is 11.3. The lowest BCUT2D eigenvalue weighted by atomic mass is 9.81. The molecule has 7 rings (SSSR count). The van der Waals surface area contributed by atoms with E-state index in [1.165, 1.54) is 10.4 Å². The standard InChI is InChI=1S/C35H31ClN6O3S/c1-2-45-32-8-4-3-7-28(32)35(41-20-18-40(19-21-41)26-13-16-38-17-14-26)24-42(31-11-9-25(23-37)22-29(31)35)46(43,44)33-12-10-30(36)27-6-5-15-39-34(27)33/h3-17,22H,2,18-21,24H2,1H3. The van der Waals surface area contributed by atoms with Gasteiger partial charge in [-0.25, -0.2) is 8.42 Å². The summed E-state index contributed by atoms with van der Waals surface area (Å²) >= 11 is 6.48. The Bertz CT molecular complexity index is 2080. The number of halogens is 1. The molecule has 46 heavy (non-hydrogen) atoms. The lowest BCUT2D eigenvalue weighted by Crippen LogP contribution is -2.58. The van der Waals surface area contributed by atoms with Gasteiger partial charge in [0.2, 0.25) is 0 Å². The van der Waals surface area contributed by atoms with E-state index >= 15 is 0 Å². The summed E-state index contributed by atoms with van der Waals surface area (Å²) in [6.45, 7) is 5.16. The fraction of sp³-hybridized carbons (Fsp3) is 0.229. The molecule has 0 N–H and O–H groups in total. The first kappa shape index (κ1) is 30.0. The second kappa shape index (κ2) is 11.9. The van der Waals surface area contributed by atoms with Gasteiger partial charge in [0.05, 0.1) is 46.5 Å². The Hall–Kier alpha value is -4.69. The Balaban J connectivity index is 1.42. The number of para-hydroxylation sites is 1. The number of fused-ring (bicyclic) bond motifs is 2. The molecule has 9 nitrogen and oxygen atoms in total.